The molecule has 0 spiro atoms. The standard InChI is InChI=1S/C21H26N6O3/c1-2-30-21-17(14-22)18(23)13-19(26-21)25-16-5-3-15(4-6-16)20(28)24-7-8-27-9-11-29-12-10-27/h3-6,13H,2,7-12H2,1H3,(H,24,28)(H3,23,25,26). The van der Waals surface area contributed by atoms with Crippen molar-refractivity contribution in [3.05, 3.63) is 41.5 Å². The lowest BCUT2D eigenvalue weighted by Gasteiger charge is -2.26. The normalized spacial score (nSPS) is 14.0. The van der Waals surface area contributed by atoms with Crippen molar-refractivity contribution in [3.8, 4) is 11.9 Å². The van der Waals surface area contributed by atoms with Crippen LogP contribution in [0.1, 0.15) is 22.8 Å². The lowest BCUT2D eigenvalue weighted by atomic mass is 10.2. The van der Waals surface area contributed by atoms with E-state index in [9.17, 15) is 10.1 Å². The van der Waals surface area contributed by atoms with Gasteiger partial charge in [0.15, 0.2) is 0 Å². The molecule has 1 aliphatic heterocycles. The van der Waals surface area contributed by atoms with Crippen LogP contribution in [-0.4, -0.2) is 61.8 Å². The van der Waals surface area contributed by atoms with Crippen LogP contribution in [0.5, 0.6) is 5.88 Å². The Bertz CT molecular complexity index is 904. The molecule has 0 atom stereocenters. The Balaban J connectivity index is 1.57. The molecule has 0 radical (unpaired) electrons. The Kier molecular flexibility index (Phi) is 7.43. The number of pyridine rings is 1. The van der Waals surface area contributed by atoms with Crippen molar-refractivity contribution in [1.82, 2.24) is 15.2 Å². The minimum atomic E-state index is -0.116. The number of hydrogen-bond donors (Lipinski definition) is 3. The van der Waals surface area contributed by atoms with Gasteiger partial charge in [-0.2, -0.15) is 10.2 Å². The van der Waals surface area contributed by atoms with Crippen LogP contribution in [0.3, 0.4) is 0 Å². The number of anilines is 3. The zero-order chi connectivity index (χ0) is 21.3. The summed E-state index contributed by atoms with van der Waals surface area (Å²) in [7, 11) is 0. The third-order valence-corrected chi connectivity index (χ3v) is 4.65. The van der Waals surface area contributed by atoms with Crippen LogP contribution in [0.4, 0.5) is 17.2 Å². The molecule has 0 bridgehead atoms. The van der Waals surface area contributed by atoms with E-state index in [2.05, 4.69) is 20.5 Å². The number of nitrogens with zero attached hydrogens (tertiary/aromatic N) is 3. The van der Waals surface area contributed by atoms with Crippen molar-refractivity contribution in [3.63, 3.8) is 0 Å². The summed E-state index contributed by atoms with van der Waals surface area (Å²) in [6, 6.07) is 10.6. The summed E-state index contributed by atoms with van der Waals surface area (Å²) in [5.41, 5.74) is 7.75. The minimum Gasteiger partial charge on any atom is -0.477 e. The van der Waals surface area contributed by atoms with Gasteiger partial charge in [0.1, 0.15) is 17.5 Å². The van der Waals surface area contributed by atoms with E-state index in [4.69, 9.17) is 15.2 Å². The average Bonchev–Trinajstić information content (AvgIpc) is 2.75. The van der Waals surface area contributed by atoms with E-state index in [-0.39, 0.29) is 23.0 Å². The van der Waals surface area contributed by atoms with Gasteiger partial charge in [0.2, 0.25) is 5.88 Å². The van der Waals surface area contributed by atoms with Crippen molar-refractivity contribution in [2.45, 2.75) is 6.92 Å². The maximum absolute atomic E-state index is 12.3. The number of amides is 1. The summed E-state index contributed by atoms with van der Waals surface area (Å²) in [6.07, 6.45) is 0. The quantitative estimate of drug-likeness (QED) is 0.601. The maximum atomic E-state index is 12.3. The molecule has 1 aromatic carbocycles. The van der Waals surface area contributed by atoms with Gasteiger partial charge in [0.25, 0.3) is 5.91 Å². The highest BCUT2D eigenvalue weighted by Gasteiger charge is 2.13. The van der Waals surface area contributed by atoms with Crippen LogP contribution < -0.4 is 21.1 Å². The van der Waals surface area contributed by atoms with E-state index in [0.29, 0.717) is 24.5 Å². The molecule has 9 nitrogen and oxygen atoms in total. The number of hydrogen-bond acceptors (Lipinski definition) is 8. The molecule has 3 rings (SSSR count). The second-order valence-electron chi connectivity index (χ2n) is 6.73. The van der Waals surface area contributed by atoms with Crippen molar-refractivity contribution in [1.29, 1.82) is 5.26 Å². The molecule has 9 heteroatoms. The summed E-state index contributed by atoms with van der Waals surface area (Å²) in [4.78, 5) is 18.9. The molecule has 4 N–H and O–H groups in total. The molecule has 1 aromatic heterocycles. The molecule has 1 fully saturated rings. The van der Waals surface area contributed by atoms with E-state index < -0.39 is 0 Å². The van der Waals surface area contributed by atoms with Crippen LogP contribution >= 0.6 is 0 Å². The van der Waals surface area contributed by atoms with Crippen molar-refractivity contribution >= 4 is 23.1 Å². The predicted molar refractivity (Wildman–Crippen MR) is 114 cm³/mol. The molecule has 1 saturated heterocycles. The number of nitriles is 1. The number of ether oxygens (including phenoxy) is 2. The van der Waals surface area contributed by atoms with Gasteiger partial charge in [-0.1, -0.05) is 0 Å². The zero-order valence-electron chi connectivity index (χ0n) is 17.0. The Morgan fingerprint density at radius 3 is 2.73 bits per heavy atom. The number of carbonyl (C=O) groups is 1. The fourth-order valence-electron chi connectivity index (χ4n) is 3.07. The highest BCUT2D eigenvalue weighted by Crippen LogP contribution is 2.27. The second-order valence-corrected chi connectivity index (χ2v) is 6.73. The SMILES string of the molecule is CCOc1nc(Nc2ccc(C(=O)NCCN3CCOCC3)cc2)cc(N)c1C#N. The molecule has 1 amide bonds. The summed E-state index contributed by atoms with van der Waals surface area (Å²) in [6.45, 7) is 6.87. The van der Waals surface area contributed by atoms with Crippen LogP contribution in [0.25, 0.3) is 0 Å². The fraction of sp³-hybridized carbons (Fsp3) is 0.381. The first kappa shape index (κ1) is 21.4. The Hall–Kier alpha value is -3.35. The monoisotopic (exact) mass is 410 g/mol. The van der Waals surface area contributed by atoms with Crippen molar-refractivity contribution in [2.24, 2.45) is 0 Å². The largest absolute Gasteiger partial charge is 0.477 e. The van der Waals surface area contributed by atoms with Crippen LogP contribution in [-0.2, 0) is 4.74 Å². The molecular weight excluding hydrogens is 384 g/mol. The summed E-state index contributed by atoms with van der Waals surface area (Å²) >= 11 is 0. The van der Waals surface area contributed by atoms with Gasteiger partial charge in [0.05, 0.1) is 25.5 Å². The number of nitrogens with one attached hydrogen (secondary N) is 2. The smallest absolute Gasteiger partial charge is 0.251 e. The van der Waals surface area contributed by atoms with Gasteiger partial charge in [-0.25, -0.2) is 0 Å². The molecule has 0 unspecified atom stereocenters. The van der Waals surface area contributed by atoms with E-state index in [0.717, 1.165) is 38.5 Å². The predicted octanol–water partition coefficient (Wildman–Crippen LogP) is 1.74. The Morgan fingerprint density at radius 1 is 1.33 bits per heavy atom. The molecule has 2 aromatic rings. The summed E-state index contributed by atoms with van der Waals surface area (Å²) < 4.78 is 10.7. The lowest BCUT2D eigenvalue weighted by Crippen LogP contribution is -2.41. The second kappa shape index (κ2) is 10.4. The number of nitrogens with two attached hydrogens (primary N) is 1. The first-order valence-electron chi connectivity index (χ1n) is 9.89. The van der Waals surface area contributed by atoms with Gasteiger partial charge in [0, 0.05) is 43.5 Å². The highest BCUT2D eigenvalue weighted by atomic mass is 16.5. The topological polar surface area (TPSA) is 126 Å². The molecule has 30 heavy (non-hydrogen) atoms. The maximum Gasteiger partial charge on any atom is 0.251 e. The van der Waals surface area contributed by atoms with Gasteiger partial charge < -0.3 is 25.8 Å². The molecule has 0 saturated carbocycles. The molecule has 0 aliphatic carbocycles. The highest BCUT2D eigenvalue weighted by molar-refractivity contribution is 5.94. The first-order chi connectivity index (χ1) is 14.6. The molecule has 158 valence electrons. The average molecular weight is 410 g/mol. The zero-order valence-corrected chi connectivity index (χ0v) is 17.0. The number of aromatic nitrogens is 1. The van der Waals surface area contributed by atoms with Crippen LogP contribution in [0.2, 0.25) is 0 Å². The Labute approximate surface area is 175 Å². The molecule has 1 aliphatic rings. The van der Waals surface area contributed by atoms with E-state index in [1.165, 1.54) is 0 Å². The lowest BCUT2D eigenvalue weighted by molar-refractivity contribution is 0.0383. The number of benzene rings is 1. The van der Waals surface area contributed by atoms with Crippen molar-refractivity contribution in [2.75, 3.05) is 57.1 Å². The van der Waals surface area contributed by atoms with Gasteiger partial charge in [-0.05, 0) is 31.2 Å². The van der Waals surface area contributed by atoms with Gasteiger partial charge >= 0.3 is 0 Å². The number of carbonyl (C=O) groups excluding carboxylic acids is 1. The molecule has 2 heterocycles. The third kappa shape index (κ3) is 5.59. The molecular formula is C21H26N6O3. The van der Waals surface area contributed by atoms with E-state index >= 15 is 0 Å². The number of rotatable bonds is 8. The van der Waals surface area contributed by atoms with Crippen LogP contribution in [0, 0.1) is 11.3 Å². The first-order valence-corrected chi connectivity index (χ1v) is 9.89. The van der Waals surface area contributed by atoms with Gasteiger partial charge in [-0.15, -0.1) is 0 Å². The fourth-order valence-corrected chi connectivity index (χ4v) is 3.07. The summed E-state index contributed by atoms with van der Waals surface area (Å²) in [5, 5.41) is 15.3. The van der Waals surface area contributed by atoms with Crippen molar-refractivity contribution < 1.29 is 14.3 Å². The Morgan fingerprint density at radius 2 is 2.07 bits per heavy atom. The van der Waals surface area contributed by atoms with E-state index in [1.54, 1.807) is 30.3 Å². The third-order valence-electron chi connectivity index (χ3n) is 4.65. The van der Waals surface area contributed by atoms with E-state index in [1.807, 2.05) is 13.0 Å². The van der Waals surface area contributed by atoms with Gasteiger partial charge in [-0.3, -0.25) is 9.69 Å². The van der Waals surface area contributed by atoms with Crippen LogP contribution in [0.15, 0.2) is 30.3 Å². The number of nitrogen functional groups attached to an aromatic ring is 1. The number of morpholine rings is 1. The minimum absolute atomic E-state index is 0.116. The summed E-state index contributed by atoms with van der Waals surface area (Å²) in [5.74, 6) is 0.533.